The van der Waals surface area contributed by atoms with E-state index in [-0.39, 0.29) is 0 Å². The van der Waals surface area contributed by atoms with Crippen LogP contribution < -0.4 is 5.73 Å². The highest BCUT2D eigenvalue weighted by Crippen LogP contribution is 2.08. The van der Waals surface area contributed by atoms with Gasteiger partial charge in [0.1, 0.15) is 0 Å². The van der Waals surface area contributed by atoms with Crippen molar-refractivity contribution < 1.29 is 0 Å². The van der Waals surface area contributed by atoms with Crippen molar-refractivity contribution in [3.8, 4) is 0 Å². The molecule has 0 aliphatic carbocycles. The SMILES string of the molecule is CC(C)CCCCn1cncc1CN. The lowest BCUT2D eigenvalue weighted by atomic mass is 10.1. The van der Waals surface area contributed by atoms with Gasteiger partial charge in [-0.15, -0.1) is 0 Å². The fourth-order valence-electron chi connectivity index (χ4n) is 1.55. The molecule has 1 heterocycles. The van der Waals surface area contributed by atoms with E-state index in [0.29, 0.717) is 6.54 Å². The lowest BCUT2D eigenvalue weighted by Crippen LogP contribution is -2.06. The zero-order valence-electron chi connectivity index (χ0n) is 9.24. The van der Waals surface area contributed by atoms with Crippen molar-refractivity contribution in [2.24, 2.45) is 11.7 Å². The summed E-state index contributed by atoms with van der Waals surface area (Å²) in [4.78, 5) is 4.09. The van der Waals surface area contributed by atoms with Crippen LogP contribution in [-0.2, 0) is 13.1 Å². The fraction of sp³-hybridized carbons (Fsp3) is 0.727. The quantitative estimate of drug-likeness (QED) is 0.707. The van der Waals surface area contributed by atoms with E-state index in [9.17, 15) is 0 Å². The molecule has 0 fully saturated rings. The minimum atomic E-state index is 0.587. The minimum absolute atomic E-state index is 0.587. The molecule has 1 aromatic rings. The molecule has 0 radical (unpaired) electrons. The summed E-state index contributed by atoms with van der Waals surface area (Å²) in [6.07, 6.45) is 7.55. The molecule has 0 bridgehead atoms. The Labute approximate surface area is 86.3 Å². The molecule has 0 aliphatic heterocycles. The van der Waals surface area contributed by atoms with Gasteiger partial charge in [0.25, 0.3) is 0 Å². The zero-order valence-corrected chi connectivity index (χ0v) is 9.24. The van der Waals surface area contributed by atoms with Crippen molar-refractivity contribution in [1.82, 2.24) is 9.55 Å². The van der Waals surface area contributed by atoms with Crippen LogP contribution in [0.1, 0.15) is 38.8 Å². The van der Waals surface area contributed by atoms with Crippen LogP contribution in [0.2, 0.25) is 0 Å². The Morgan fingerprint density at radius 2 is 2.21 bits per heavy atom. The summed E-state index contributed by atoms with van der Waals surface area (Å²) < 4.78 is 2.15. The largest absolute Gasteiger partial charge is 0.333 e. The monoisotopic (exact) mass is 195 g/mol. The smallest absolute Gasteiger partial charge is 0.0948 e. The van der Waals surface area contributed by atoms with Crippen molar-refractivity contribution in [3.05, 3.63) is 18.2 Å². The predicted molar refractivity (Wildman–Crippen MR) is 58.8 cm³/mol. The molecule has 1 aromatic heterocycles. The van der Waals surface area contributed by atoms with E-state index in [1.54, 1.807) is 0 Å². The van der Waals surface area contributed by atoms with Gasteiger partial charge in [0.2, 0.25) is 0 Å². The molecular weight excluding hydrogens is 174 g/mol. The molecule has 0 aromatic carbocycles. The third-order valence-electron chi connectivity index (χ3n) is 2.44. The Bertz CT molecular complexity index is 253. The molecule has 3 heteroatoms. The van der Waals surface area contributed by atoms with Crippen LogP contribution in [0.5, 0.6) is 0 Å². The van der Waals surface area contributed by atoms with Crippen molar-refractivity contribution >= 4 is 0 Å². The maximum absolute atomic E-state index is 5.59. The van der Waals surface area contributed by atoms with E-state index in [1.807, 2.05) is 12.5 Å². The molecular formula is C11H21N3. The highest BCUT2D eigenvalue weighted by Gasteiger charge is 1.99. The topological polar surface area (TPSA) is 43.8 Å². The molecule has 0 atom stereocenters. The average molecular weight is 195 g/mol. The number of aryl methyl sites for hydroxylation is 1. The van der Waals surface area contributed by atoms with Crippen LogP contribution in [0.25, 0.3) is 0 Å². The number of nitrogens with zero attached hydrogens (tertiary/aromatic N) is 2. The van der Waals surface area contributed by atoms with Crippen molar-refractivity contribution in [2.75, 3.05) is 0 Å². The maximum Gasteiger partial charge on any atom is 0.0948 e. The summed E-state index contributed by atoms with van der Waals surface area (Å²) in [5.41, 5.74) is 6.72. The second kappa shape index (κ2) is 5.81. The maximum atomic E-state index is 5.59. The first-order valence-electron chi connectivity index (χ1n) is 5.43. The van der Waals surface area contributed by atoms with Gasteiger partial charge in [-0.3, -0.25) is 0 Å². The van der Waals surface area contributed by atoms with E-state index in [4.69, 9.17) is 5.73 Å². The Kier molecular flexibility index (Phi) is 4.66. The van der Waals surface area contributed by atoms with Crippen LogP contribution in [0, 0.1) is 5.92 Å². The third-order valence-corrected chi connectivity index (χ3v) is 2.44. The van der Waals surface area contributed by atoms with Crippen LogP contribution in [-0.4, -0.2) is 9.55 Å². The van der Waals surface area contributed by atoms with Crippen molar-refractivity contribution in [1.29, 1.82) is 0 Å². The molecule has 0 saturated heterocycles. The van der Waals surface area contributed by atoms with Gasteiger partial charge in [-0.05, 0) is 12.3 Å². The molecule has 2 N–H and O–H groups in total. The van der Waals surface area contributed by atoms with E-state index in [0.717, 1.165) is 18.2 Å². The van der Waals surface area contributed by atoms with Gasteiger partial charge in [0.15, 0.2) is 0 Å². The number of imidazole rings is 1. The number of unbranched alkanes of at least 4 members (excludes halogenated alkanes) is 1. The normalized spacial score (nSPS) is 11.1. The van der Waals surface area contributed by atoms with Gasteiger partial charge >= 0.3 is 0 Å². The number of nitrogens with two attached hydrogens (primary N) is 1. The average Bonchev–Trinajstić information content (AvgIpc) is 2.59. The van der Waals surface area contributed by atoms with Crippen LogP contribution in [0.15, 0.2) is 12.5 Å². The molecule has 14 heavy (non-hydrogen) atoms. The molecule has 0 amide bonds. The van der Waals surface area contributed by atoms with E-state index in [1.165, 1.54) is 19.3 Å². The zero-order chi connectivity index (χ0) is 10.4. The highest BCUT2D eigenvalue weighted by atomic mass is 15.0. The second-order valence-corrected chi connectivity index (χ2v) is 4.17. The summed E-state index contributed by atoms with van der Waals surface area (Å²) in [5, 5.41) is 0. The summed E-state index contributed by atoms with van der Waals surface area (Å²) in [6.45, 7) is 6.18. The lowest BCUT2D eigenvalue weighted by Gasteiger charge is -2.07. The second-order valence-electron chi connectivity index (χ2n) is 4.17. The van der Waals surface area contributed by atoms with E-state index in [2.05, 4.69) is 23.4 Å². The Balaban J connectivity index is 2.24. The third kappa shape index (κ3) is 3.50. The Hall–Kier alpha value is -0.830. The summed E-state index contributed by atoms with van der Waals surface area (Å²) in [7, 11) is 0. The van der Waals surface area contributed by atoms with Gasteiger partial charge in [-0.25, -0.2) is 4.98 Å². The number of hydrogen-bond donors (Lipinski definition) is 1. The van der Waals surface area contributed by atoms with Crippen LogP contribution in [0.3, 0.4) is 0 Å². The Morgan fingerprint density at radius 1 is 1.43 bits per heavy atom. The van der Waals surface area contributed by atoms with Gasteiger partial charge < -0.3 is 10.3 Å². The summed E-state index contributed by atoms with van der Waals surface area (Å²) in [5.74, 6) is 0.812. The summed E-state index contributed by atoms with van der Waals surface area (Å²) >= 11 is 0. The molecule has 0 saturated carbocycles. The van der Waals surface area contributed by atoms with Crippen LogP contribution in [0.4, 0.5) is 0 Å². The van der Waals surface area contributed by atoms with Gasteiger partial charge in [0.05, 0.1) is 12.0 Å². The van der Waals surface area contributed by atoms with Crippen molar-refractivity contribution in [2.45, 2.75) is 46.2 Å². The lowest BCUT2D eigenvalue weighted by molar-refractivity contribution is 0.504. The molecule has 3 nitrogen and oxygen atoms in total. The number of rotatable bonds is 6. The van der Waals surface area contributed by atoms with Gasteiger partial charge in [-0.2, -0.15) is 0 Å². The van der Waals surface area contributed by atoms with Crippen LogP contribution >= 0.6 is 0 Å². The van der Waals surface area contributed by atoms with E-state index >= 15 is 0 Å². The molecule has 0 spiro atoms. The highest BCUT2D eigenvalue weighted by molar-refractivity contribution is 4.96. The molecule has 80 valence electrons. The first-order chi connectivity index (χ1) is 6.74. The Morgan fingerprint density at radius 3 is 2.86 bits per heavy atom. The van der Waals surface area contributed by atoms with Crippen molar-refractivity contribution in [3.63, 3.8) is 0 Å². The summed E-state index contributed by atoms with van der Waals surface area (Å²) in [6, 6.07) is 0. The first kappa shape index (κ1) is 11.2. The molecule has 1 rings (SSSR count). The standard InChI is InChI=1S/C11H21N3/c1-10(2)5-3-4-6-14-9-13-8-11(14)7-12/h8-10H,3-7,12H2,1-2H3. The fourth-order valence-corrected chi connectivity index (χ4v) is 1.55. The minimum Gasteiger partial charge on any atom is -0.333 e. The van der Waals surface area contributed by atoms with E-state index < -0.39 is 0 Å². The predicted octanol–water partition coefficient (Wildman–Crippen LogP) is 2.17. The first-order valence-corrected chi connectivity index (χ1v) is 5.43. The number of aromatic nitrogens is 2. The number of hydrogen-bond acceptors (Lipinski definition) is 2. The van der Waals surface area contributed by atoms with Gasteiger partial charge in [-0.1, -0.05) is 26.7 Å². The van der Waals surface area contributed by atoms with Gasteiger partial charge in [0, 0.05) is 19.3 Å². The molecule has 0 aliphatic rings. The molecule has 0 unspecified atom stereocenters.